The summed E-state index contributed by atoms with van der Waals surface area (Å²) in [6.45, 7) is 20.1. The number of anilines is 2. The minimum absolute atomic E-state index is 0.297. The van der Waals surface area contributed by atoms with Crippen LogP contribution in [0.15, 0.2) is 24.3 Å². The number of rotatable bonds is 6. The monoisotopic (exact) mass is 380 g/mol. The maximum Gasteiger partial charge on any atom is 0.0384 e. The van der Waals surface area contributed by atoms with Crippen molar-refractivity contribution < 1.29 is 0 Å². The lowest BCUT2D eigenvalue weighted by Gasteiger charge is -2.24. The zero-order valence-corrected chi connectivity index (χ0v) is 19.4. The zero-order valence-electron chi connectivity index (χ0n) is 19.4. The van der Waals surface area contributed by atoms with E-state index in [-0.39, 0.29) is 0 Å². The van der Waals surface area contributed by atoms with Crippen molar-refractivity contribution in [2.45, 2.75) is 91.9 Å². The molecule has 2 heteroatoms. The fourth-order valence-corrected chi connectivity index (χ4v) is 4.05. The van der Waals surface area contributed by atoms with Crippen molar-refractivity contribution in [3.63, 3.8) is 0 Å². The zero-order chi connectivity index (χ0) is 21.3. The summed E-state index contributed by atoms with van der Waals surface area (Å²) in [6, 6.07) is 9.27. The van der Waals surface area contributed by atoms with Gasteiger partial charge in [-0.1, -0.05) is 86.6 Å². The van der Waals surface area contributed by atoms with Crippen LogP contribution in [0, 0.1) is 0 Å². The average molecular weight is 381 g/mol. The van der Waals surface area contributed by atoms with Crippen LogP contribution in [0.2, 0.25) is 0 Å². The first kappa shape index (κ1) is 22.3. The van der Waals surface area contributed by atoms with E-state index in [1.807, 2.05) is 0 Å². The van der Waals surface area contributed by atoms with Gasteiger partial charge < -0.3 is 11.5 Å². The Balaban J connectivity index is 2.67. The fraction of sp³-hybridized carbons (Fsp3) is 0.538. The van der Waals surface area contributed by atoms with Crippen LogP contribution in [0.5, 0.6) is 0 Å². The second-order valence-electron chi connectivity index (χ2n) is 9.57. The predicted octanol–water partition coefficient (Wildman–Crippen LogP) is 7.50. The molecule has 0 fully saturated rings. The third-order valence-electron chi connectivity index (χ3n) is 6.02. The third kappa shape index (κ3) is 4.37. The highest BCUT2D eigenvalue weighted by molar-refractivity contribution is 5.61. The summed E-state index contributed by atoms with van der Waals surface area (Å²) in [5.41, 5.74) is 22.7. The number of hydrogen-bond acceptors (Lipinski definition) is 2. The Labute approximate surface area is 172 Å². The summed E-state index contributed by atoms with van der Waals surface area (Å²) in [4.78, 5) is 0. The van der Waals surface area contributed by atoms with Crippen LogP contribution in [0.25, 0.3) is 0 Å². The van der Waals surface area contributed by atoms with Gasteiger partial charge in [0.2, 0.25) is 0 Å². The number of hydrogen-bond donors (Lipinski definition) is 2. The molecule has 0 radical (unpaired) electrons. The first-order chi connectivity index (χ1) is 13.0. The van der Waals surface area contributed by atoms with Gasteiger partial charge in [-0.3, -0.25) is 0 Å². The first-order valence-electron chi connectivity index (χ1n) is 10.8. The van der Waals surface area contributed by atoms with Crippen molar-refractivity contribution >= 4 is 11.4 Å². The molecule has 0 aliphatic rings. The van der Waals surface area contributed by atoms with Crippen molar-refractivity contribution in [2.75, 3.05) is 11.5 Å². The topological polar surface area (TPSA) is 52.0 Å². The third-order valence-corrected chi connectivity index (χ3v) is 6.02. The molecule has 0 atom stereocenters. The number of benzene rings is 2. The van der Waals surface area contributed by atoms with E-state index in [0.29, 0.717) is 29.6 Å². The molecular formula is C26H40N2. The van der Waals surface area contributed by atoms with E-state index in [1.54, 1.807) is 0 Å². The van der Waals surface area contributed by atoms with Crippen molar-refractivity contribution in [2.24, 2.45) is 0 Å². The molecule has 2 nitrogen and oxygen atoms in total. The second-order valence-corrected chi connectivity index (χ2v) is 9.57. The highest BCUT2D eigenvalue weighted by atomic mass is 14.6. The summed E-state index contributed by atoms with van der Waals surface area (Å²) in [5.74, 6) is 1.94. The summed E-state index contributed by atoms with van der Waals surface area (Å²) >= 11 is 0. The van der Waals surface area contributed by atoms with Crippen LogP contribution in [0.4, 0.5) is 11.4 Å². The Morgan fingerprint density at radius 3 is 0.857 bits per heavy atom. The molecule has 154 valence electrons. The maximum atomic E-state index is 6.52. The summed E-state index contributed by atoms with van der Waals surface area (Å²) in [5, 5.41) is 0. The van der Waals surface area contributed by atoms with Gasteiger partial charge in [0.25, 0.3) is 0 Å². The van der Waals surface area contributed by atoms with Gasteiger partial charge in [-0.15, -0.1) is 0 Å². The molecule has 0 bridgehead atoms. The van der Waals surface area contributed by atoms with E-state index in [2.05, 4.69) is 86.6 Å². The molecule has 0 aliphatic carbocycles. The largest absolute Gasteiger partial charge is 0.398 e. The number of nitrogen functional groups attached to an aromatic ring is 2. The molecule has 0 spiro atoms. The Bertz CT molecular complexity index is 701. The Kier molecular flexibility index (Phi) is 6.85. The fourth-order valence-electron chi connectivity index (χ4n) is 4.05. The molecular weight excluding hydrogens is 340 g/mol. The number of nitrogens with two attached hydrogens (primary N) is 2. The van der Waals surface area contributed by atoms with Gasteiger partial charge in [0.1, 0.15) is 0 Å². The highest BCUT2D eigenvalue weighted by Gasteiger charge is 2.20. The molecule has 0 amide bonds. The van der Waals surface area contributed by atoms with Crippen LogP contribution in [-0.4, -0.2) is 0 Å². The molecule has 28 heavy (non-hydrogen) atoms. The smallest absolute Gasteiger partial charge is 0.0384 e. The molecule has 0 saturated carbocycles. The Morgan fingerprint density at radius 2 is 0.679 bits per heavy atom. The molecule has 0 saturated heterocycles. The van der Waals surface area contributed by atoms with Crippen molar-refractivity contribution in [3.05, 3.63) is 57.6 Å². The van der Waals surface area contributed by atoms with E-state index >= 15 is 0 Å². The molecule has 0 aromatic heterocycles. The molecule has 4 N–H and O–H groups in total. The molecule has 2 aromatic rings. The lowest BCUT2D eigenvalue weighted by Crippen LogP contribution is -2.09. The summed E-state index contributed by atoms with van der Waals surface area (Å²) in [6.07, 6.45) is 0. The summed E-state index contributed by atoms with van der Waals surface area (Å²) in [7, 11) is 0. The minimum Gasteiger partial charge on any atom is -0.398 e. The van der Waals surface area contributed by atoms with Crippen LogP contribution in [0.3, 0.4) is 0 Å². The van der Waals surface area contributed by atoms with Gasteiger partial charge in [-0.2, -0.15) is 0 Å². The second kappa shape index (κ2) is 8.59. The Hall–Kier alpha value is -1.96. The summed E-state index contributed by atoms with van der Waals surface area (Å²) < 4.78 is 0. The van der Waals surface area contributed by atoms with Gasteiger partial charge in [0.05, 0.1) is 0 Å². The van der Waals surface area contributed by atoms with Gasteiger partial charge in [0.15, 0.2) is 0 Å². The van der Waals surface area contributed by atoms with Gasteiger partial charge in [0, 0.05) is 17.3 Å². The predicted molar refractivity (Wildman–Crippen MR) is 126 cm³/mol. The normalized spacial score (nSPS) is 12.2. The van der Waals surface area contributed by atoms with E-state index in [4.69, 9.17) is 11.5 Å². The molecule has 2 rings (SSSR count). The lowest BCUT2D eigenvalue weighted by molar-refractivity contribution is 0.808. The lowest BCUT2D eigenvalue weighted by atomic mass is 9.82. The quantitative estimate of drug-likeness (QED) is 0.510. The average Bonchev–Trinajstić information content (AvgIpc) is 2.60. The van der Waals surface area contributed by atoms with Crippen molar-refractivity contribution in [1.29, 1.82) is 0 Å². The van der Waals surface area contributed by atoms with E-state index < -0.39 is 0 Å². The molecule has 0 unspecified atom stereocenters. The molecule has 0 heterocycles. The molecule has 2 aromatic carbocycles. The van der Waals surface area contributed by atoms with Gasteiger partial charge in [-0.05, 0) is 57.1 Å². The SMILES string of the molecule is CC(C)c1cc(C(C)c2cc(C(C)C)c(N)c(C(C)C)c2)cc(C(C)C)c1N. The standard InChI is InChI=1S/C26H40N2/c1-14(2)21-10-19(11-22(15(3)4)25(21)27)18(9)20-12-23(16(5)6)26(28)24(13-20)17(7)8/h10-18H,27-28H2,1-9H3. The minimum atomic E-state index is 0.297. The van der Waals surface area contributed by atoms with Crippen LogP contribution in [-0.2, 0) is 0 Å². The first-order valence-corrected chi connectivity index (χ1v) is 10.8. The van der Waals surface area contributed by atoms with Gasteiger partial charge >= 0.3 is 0 Å². The Morgan fingerprint density at radius 1 is 0.464 bits per heavy atom. The van der Waals surface area contributed by atoms with E-state index in [0.717, 1.165) is 11.4 Å². The van der Waals surface area contributed by atoms with E-state index in [1.165, 1.54) is 33.4 Å². The van der Waals surface area contributed by atoms with Gasteiger partial charge in [-0.25, -0.2) is 0 Å². The van der Waals surface area contributed by atoms with Crippen LogP contribution < -0.4 is 11.5 Å². The maximum absolute atomic E-state index is 6.52. The van der Waals surface area contributed by atoms with Crippen molar-refractivity contribution in [1.82, 2.24) is 0 Å². The van der Waals surface area contributed by atoms with Crippen molar-refractivity contribution in [3.8, 4) is 0 Å². The molecule has 0 aliphatic heterocycles. The highest BCUT2D eigenvalue weighted by Crippen LogP contribution is 2.39. The van der Waals surface area contributed by atoms with Crippen LogP contribution in [0.1, 0.15) is 125 Å². The van der Waals surface area contributed by atoms with Crippen LogP contribution >= 0.6 is 0 Å². The van der Waals surface area contributed by atoms with E-state index in [9.17, 15) is 0 Å².